The second kappa shape index (κ2) is 5.66. The third-order valence-electron chi connectivity index (χ3n) is 4.75. The molecule has 1 heteroatoms. The molecule has 1 nitrogen and oxygen atoms in total. The number of rotatable bonds is 1. The van der Waals surface area contributed by atoms with Gasteiger partial charge < -0.3 is 0 Å². The zero-order chi connectivity index (χ0) is 17.6. The average Bonchev–Trinajstić information content (AvgIpc) is 2.47. The van der Waals surface area contributed by atoms with Gasteiger partial charge in [0.15, 0.2) is 5.75 Å². The predicted octanol–water partition coefficient (Wildman–Crippen LogP) is 6.87. The Kier molecular flexibility index (Phi) is 3.91. The summed E-state index contributed by atoms with van der Waals surface area (Å²) >= 11 is 0. The molecule has 3 aromatic rings. The van der Waals surface area contributed by atoms with Crippen LogP contribution >= 0.6 is 0 Å². The lowest BCUT2D eigenvalue weighted by molar-refractivity contribution is 0.346. The molecule has 1 radical (unpaired) electrons. The summed E-state index contributed by atoms with van der Waals surface area (Å²) in [5.74, 6) is 0.157. The first-order valence-electron chi connectivity index (χ1n) is 8.51. The van der Waals surface area contributed by atoms with Gasteiger partial charge in [0.05, 0.1) is 0 Å². The van der Waals surface area contributed by atoms with E-state index in [-0.39, 0.29) is 11.2 Å². The van der Waals surface area contributed by atoms with Crippen LogP contribution in [0.4, 0.5) is 0 Å². The minimum atomic E-state index is -0.178. The predicted molar refractivity (Wildman–Crippen MR) is 102 cm³/mol. The molecule has 0 aromatic heterocycles. The number of aryl methyl sites for hydroxylation is 3. The summed E-state index contributed by atoms with van der Waals surface area (Å²) in [7, 11) is 0. The zero-order valence-corrected chi connectivity index (χ0v) is 15.4. The number of hydrogen-bond acceptors (Lipinski definition) is 0. The van der Waals surface area contributed by atoms with Crippen LogP contribution in [0.3, 0.4) is 0 Å². The first kappa shape index (κ1) is 16.6. The summed E-state index contributed by atoms with van der Waals surface area (Å²) in [6.45, 7) is 12.8. The van der Waals surface area contributed by atoms with Crippen molar-refractivity contribution in [3.63, 3.8) is 0 Å². The third kappa shape index (κ3) is 2.69. The Morgan fingerprint density at radius 2 is 1.33 bits per heavy atom. The summed E-state index contributed by atoms with van der Waals surface area (Å²) in [5, 5.41) is 14.8. The smallest absolute Gasteiger partial charge is 0.190 e. The van der Waals surface area contributed by atoms with Gasteiger partial charge >= 0.3 is 0 Å². The molecule has 0 aliphatic carbocycles. The largest absolute Gasteiger partial charge is 0.289 e. The van der Waals surface area contributed by atoms with Crippen LogP contribution in [-0.2, 0) is 10.5 Å². The van der Waals surface area contributed by atoms with Gasteiger partial charge in [-0.3, -0.25) is 5.11 Å². The Morgan fingerprint density at radius 1 is 0.792 bits per heavy atom. The van der Waals surface area contributed by atoms with E-state index in [1.807, 2.05) is 18.2 Å². The lowest BCUT2D eigenvalue weighted by atomic mass is 9.81. The minimum Gasteiger partial charge on any atom is -0.289 e. The van der Waals surface area contributed by atoms with E-state index >= 15 is 0 Å². The molecule has 3 aromatic carbocycles. The molecule has 0 heterocycles. The topological polar surface area (TPSA) is 19.9 Å². The molecule has 0 saturated carbocycles. The number of hydrogen-bond donors (Lipinski definition) is 0. The quantitative estimate of drug-likeness (QED) is 0.466. The molecule has 0 N–H and O–H groups in total. The van der Waals surface area contributed by atoms with Gasteiger partial charge in [-0.25, -0.2) is 0 Å². The molecule has 24 heavy (non-hydrogen) atoms. The molecular formula is C23H25O. The third-order valence-corrected chi connectivity index (χ3v) is 4.75. The Morgan fingerprint density at radius 3 is 1.88 bits per heavy atom. The van der Waals surface area contributed by atoms with Crippen LogP contribution in [0, 0.1) is 20.8 Å². The van der Waals surface area contributed by atoms with Crippen molar-refractivity contribution in [1.82, 2.24) is 0 Å². The Labute approximate surface area is 145 Å². The highest BCUT2D eigenvalue weighted by Gasteiger charge is 2.24. The summed E-state index contributed by atoms with van der Waals surface area (Å²) in [6.07, 6.45) is 0. The van der Waals surface area contributed by atoms with E-state index in [4.69, 9.17) is 0 Å². The Balaban J connectivity index is 2.47. The fraction of sp³-hybridized carbons (Fsp3) is 0.304. The molecule has 0 fully saturated rings. The maximum absolute atomic E-state index is 13.0. The summed E-state index contributed by atoms with van der Waals surface area (Å²) in [6, 6.07) is 14.6. The molecule has 0 unspecified atom stereocenters. The SMILES string of the molecule is Cc1cc(C)c(-c2cc(C(C)(C)C)c([O])c3ccccc23)c(C)c1. The highest BCUT2D eigenvalue weighted by atomic mass is 16.3. The van der Waals surface area contributed by atoms with Crippen LogP contribution in [0.5, 0.6) is 5.75 Å². The summed E-state index contributed by atoms with van der Waals surface area (Å²) in [4.78, 5) is 0. The summed E-state index contributed by atoms with van der Waals surface area (Å²) in [5.41, 5.74) is 6.92. The minimum absolute atomic E-state index is 0.157. The van der Waals surface area contributed by atoms with Gasteiger partial charge in [-0.05, 0) is 59.9 Å². The van der Waals surface area contributed by atoms with Crippen LogP contribution in [0.1, 0.15) is 43.0 Å². The van der Waals surface area contributed by atoms with E-state index < -0.39 is 0 Å². The molecule has 0 spiro atoms. The fourth-order valence-corrected chi connectivity index (χ4v) is 3.72. The van der Waals surface area contributed by atoms with E-state index in [1.165, 1.54) is 27.8 Å². The van der Waals surface area contributed by atoms with Gasteiger partial charge in [-0.1, -0.05) is 62.7 Å². The van der Waals surface area contributed by atoms with Crippen LogP contribution in [-0.4, -0.2) is 0 Å². The van der Waals surface area contributed by atoms with Gasteiger partial charge in [-0.2, -0.15) is 0 Å². The van der Waals surface area contributed by atoms with Crippen molar-refractivity contribution in [2.75, 3.05) is 0 Å². The van der Waals surface area contributed by atoms with Crippen LogP contribution < -0.4 is 0 Å². The number of benzene rings is 3. The monoisotopic (exact) mass is 317 g/mol. The van der Waals surface area contributed by atoms with Crippen molar-refractivity contribution in [3.8, 4) is 16.9 Å². The van der Waals surface area contributed by atoms with Gasteiger partial charge in [0.1, 0.15) is 0 Å². The lowest BCUT2D eigenvalue weighted by Gasteiger charge is -2.23. The van der Waals surface area contributed by atoms with Crippen molar-refractivity contribution < 1.29 is 5.11 Å². The van der Waals surface area contributed by atoms with E-state index in [1.54, 1.807) is 0 Å². The Hall–Kier alpha value is -2.28. The highest BCUT2D eigenvalue weighted by molar-refractivity contribution is 6.02. The summed E-state index contributed by atoms with van der Waals surface area (Å²) < 4.78 is 0. The molecular weight excluding hydrogens is 292 g/mol. The highest BCUT2D eigenvalue weighted by Crippen LogP contribution is 2.43. The van der Waals surface area contributed by atoms with Crippen molar-refractivity contribution >= 4 is 10.8 Å². The molecule has 0 atom stereocenters. The van der Waals surface area contributed by atoms with Gasteiger partial charge in [0.25, 0.3) is 0 Å². The molecule has 0 aliphatic heterocycles. The Bertz CT molecular complexity index is 904. The molecule has 0 amide bonds. The van der Waals surface area contributed by atoms with Crippen molar-refractivity contribution in [1.29, 1.82) is 0 Å². The van der Waals surface area contributed by atoms with Gasteiger partial charge in [0.2, 0.25) is 0 Å². The van der Waals surface area contributed by atoms with Crippen molar-refractivity contribution in [3.05, 3.63) is 64.7 Å². The molecule has 0 saturated heterocycles. The first-order valence-corrected chi connectivity index (χ1v) is 8.51. The molecule has 0 aliphatic rings. The van der Waals surface area contributed by atoms with Crippen LogP contribution in [0.2, 0.25) is 0 Å². The van der Waals surface area contributed by atoms with Crippen molar-refractivity contribution in [2.45, 2.75) is 47.0 Å². The van der Waals surface area contributed by atoms with Crippen LogP contribution in [0.25, 0.3) is 21.9 Å². The number of fused-ring (bicyclic) bond motifs is 1. The van der Waals surface area contributed by atoms with E-state index in [9.17, 15) is 5.11 Å². The normalized spacial score (nSPS) is 11.9. The average molecular weight is 317 g/mol. The first-order chi connectivity index (χ1) is 11.2. The standard InChI is InChI=1S/C23H25O/c1-14-11-15(2)21(16(3)12-14)19-13-20(23(4,5)6)22(24)18-10-8-7-9-17(18)19/h7-13H,1-6H3. The molecule has 123 valence electrons. The molecule has 0 bridgehead atoms. The maximum Gasteiger partial charge on any atom is 0.190 e. The second-order valence-electron chi connectivity index (χ2n) is 7.87. The second-order valence-corrected chi connectivity index (χ2v) is 7.87. The van der Waals surface area contributed by atoms with Gasteiger partial charge in [0, 0.05) is 10.9 Å². The zero-order valence-electron chi connectivity index (χ0n) is 15.4. The van der Waals surface area contributed by atoms with Crippen LogP contribution in [0.15, 0.2) is 42.5 Å². The van der Waals surface area contributed by atoms with E-state index in [0.29, 0.717) is 0 Å². The van der Waals surface area contributed by atoms with E-state index in [2.05, 4.69) is 65.8 Å². The lowest BCUT2D eigenvalue weighted by Crippen LogP contribution is -2.11. The van der Waals surface area contributed by atoms with Crippen molar-refractivity contribution in [2.24, 2.45) is 0 Å². The fourth-order valence-electron chi connectivity index (χ4n) is 3.72. The molecule has 3 rings (SSSR count). The van der Waals surface area contributed by atoms with Gasteiger partial charge in [-0.15, -0.1) is 0 Å². The maximum atomic E-state index is 13.0. The van der Waals surface area contributed by atoms with E-state index in [0.717, 1.165) is 16.3 Å².